The number of carbonyl (C=O) groups excluding carboxylic acids is 1. The van der Waals surface area contributed by atoms with Crippen LogP contribution in [0.1, 0.15) is 0 Å². The van der Waals surface area contributed by atoms with E-state index in [9.17, 15) is 102 Å². The molecule has 220 valence electrons. The number of hydrogen-bond acceptors (Lipinski definition) is 4. The molecular weight excluding hydrogens is 615 g/mol. The first-order valence-corrected chi connectivity index (χ1v) is 9.08. The molecule has 0 rings (SSSR count). The van der Waals surface area contributed by atoms with Crippen LogP contribution in [0, 0.1) is 0 Å². The van der Waals surface area contributed by atoms with Crippen molar-refractivity contribution in [3.05, 3.63) is 11.7 Å². The van der Waals surface area contributed by atoms with Crippen LogP contribution in [0.4, 0.5) is 83.4 Å². The Labute approximate surface area is 189 Å². The number of alkyl halides is 17. The van der Waals surface area contributed by atoms with Gasteiger partial charge in [0.05, 0.1) is 5.97 Å². The topological polar surface area (TPSA) is 77.5 Å². The van der Waals surface area contributed by atoms with Crippen molar-refractivity contribution in [1.82, 2.24) is 4.31 Å². The highest BCUT2D eigenvalue weighted by Crippen LogP contribution is 2.61. The van der Waals surface area contributed by atoms with Crippen LogP contribution >= 0.6 is 0 Å². The molecule has 0 aromatic rings. The quantitative estimate of drug-likeness (QED) is 0.210. The largest absolute Gasteiger partial charge is 0.545 e. The molecule has 0 unspecified atom stereocenters. The molecule has 0 saturated heterocycles. The minimum absolute atomic E-state index is 1.46. The zero-order valence-corrected chi connectivity index (χ0v) is 17.0. The zero-order valence-electron chi connectivity index (χ0n) is 16.2. The minimum Gasteiger partial charge on any atom is -0.545 e. The summed E-state index contributed by atoms with van der Waals surface area (Å²) in [5.74, 6) is -46.0. The molecule has 0 aliphatic heterocycles. The Morgan fingerprint density at radius 2 is 0.973 bits per heavy atom. The fourth-order valence-corrected chi connectivity index (χ4v) is 3.12. The van der Waals surface area contributed by atoms with E-state index in [2.05, 4.69) is 0 Å². The maximum absolute atomic E-state index is 13.8. The third-order valence-electron chi connectivity index (χ3n) is 4.07. The molecule has 0 bridgehead atoms. The molecule has 25 heteroatoms. The summed E-state index contributed by atoms with van der Waals surface area (Å²) in [7, 11) is -10.3. The number of nitrogens with zero attached hydrogens (tertiary/aromatic N) is 1. The SMILES string of the molecule is CN(C(F)(F)C(F)(F)C(C(=O)[O-])=C(F)F)S(=O)(=O)C(F)(F)C(F)(F)C(F)(F)C(F)(F)C(F)(F)C(F)(F)F. The number of sulfonamides is 1. The van der Waals surface area contributed by atoms with E-state index in [0.29, 0.717) is 0 Å². The van der Waals surface area contributed by atoms with Crippen LogP contribution in [0.2, 0.25) is 0 Å². The highest BCUT2D eigenvalue weighted by molar-refractivity contribution is 7.90. The Morgan fingerprint density at radius 3 is 1.24 bits per heavy atom. The smallest absolute Gasteiger partial charge is 0.460 e. The van der Waals surface area contributed by atoms with Crippen molar-refractivity contribution in [1.29, 1.82) is 0 Å². The van der Waals surface area contributed by atoms with Gasteiger partial charge in [0.1, 0.15) is 5.57 Å². The van der Waals surface area contributed by atoms with Crippen LogP contribution in [0.15, 0.2) is 11.7 Å². The number of carboxylic acid groups (broad SMARTS) is 1. The van der Waals surface area contributed by atoms with Gasteiger partial charge in [-0.25, -0.2) is 8.42 Å². The summed E-state index contributed by atoms with van der Waals surface area (Å²) < 4.78 is 268. The molecule has 0 radical (unpaired) electrons. The highest BCUT2D eigenvalue weighted by Gasteiger charge is 2.93. The van der Waals surface area contributed by atoms with Gasteiger partial charge in [0, 0.05) is 7.05 Å². The molecule has 0 aliphatic carbocycles. The third-order valence-corrected chi connectivity index (χ3v) is 5.92. The second-order valence-electron chi connectivity index (χ2n) is 6.32. The lowest BCUT2D eigenvalue weighted by atomic mass is 9.98. The van der Waals surface area contributed by atoms with Gasteiger partial charge in [-0.15, -0.1) is 4.31 Å². The van der Waals surface area contributed by atoms with Gasteiger partial charge in [0.25, 0.3) is 16.1 Å². The summed E-state index contributed by atoms with van der Waals surface area (Å²) in [5, 5.41) is 1.78. The predicted octanol–water partition coefficient (Wildman–Crippen LogP) is 4.07. The summed E-state index contributed by atoms with van der Waals surface area (Å²) in [6.45, 7) is 0. The van der Waals surface area contributed by atoms with E-state index in [1.807, 2.05) is 0 Å². The monoisotopic (exact) mass is 618 g/mol. The van der Waals surface area contributed by atoms with Crippen molar-refractivity contribution in [2.24, 2.45) is 0 Å². The van der Waals surface area contributed by atoms with Crippen molar-refractivity contribution in [3.63, 3.8) is 0 Å². The van der Waals surface area contributed by atoms with Crippen LogP contribution in [0.3, 0.4) is 0 Å². The van der Waals surface area contributed by atoms with E-state index in [4.69, 9.17) is 0 Å². The summed E-state index contributed by atoms with van der Waals surface area (Å²) in [4.78, 5) is 10.2. The number of halogens is 19. The van der Waals surface area contributed by atoms with E-state index >= 15 is 0 Å². The Kier molecular flexibility index (Phi) is 8.39. The molecule has 0 saturated carbocycles. The third kappa shape index (κ3) is 4.53. The fourth-order valence-electron chi connectivity index (χ4n) is 1.91. The molecule has 5 nitrogen and oxygen atoms in total. The first kappa shape index (κ1) is 34.8. The van der Waals surface area contributed by atoms with Crippen LogP contribution in [-0.2, 0) is 14.8 Å². The maximum Gasteiger partial charge on any atom is 0.460 e. The first-order chi connectivity index (χ1) is 15.7. The molecule has 0 amide bonds. The summed E-state index contributed by atoms with van der Waals surface area (Å²) >= 11 is 0. The van der Waals surface area contributed by atoms with Crippen LogP contribution in [-0.4, -0.2) is 72.8 Å². The number of rotatable bonds is 10. The second-order valence-corrected chi connectivity index (χ2v) is 8.33. The predicted molar refractivity (Wildman–Crippen MR) is 71.6 cm³/mol. The number of hydrogen-bond donors (Lipinski definition) is 0. The van der Waals surface area contributed by atoms with E-state index in [0.717, 1.165) is 0 Å². The molecule has 0 atom stereocenters. The van der Waals surface area contributed by atoms with Crippen molar-refractivity contribution in [3.8, 4) is 0 Å². The van der Waals surface area contributed by atoms with Crippen LogP contribution < -0.4 is 5.11 Å². The minimum atomic E-state index is -8.87. The van der Waals surface area contributed by atoms with Gasteiger partial charge >= 0.3 is 47.1 Å². The average Bonchev–Trinajstić information content (AvgIpc) is 2.64. The molecule has 0 aromatic carbocycles. The normalized spacial score (nSPS) is 15.7. The maximum atomic E-state index is 13.8. The summed E-state index contributed by atoms with van der Waals surface area (Å²) in [6, 6.07) is -7.45. The van der Waals surface area contributed by atoms with E-state index in [-0.39, 0.29) is 0 Å². The highest BCUT2D eigenvalue weighted by atomic mass is 32.2. The molecular formula is C12H3F19NO4S-. The van der Waals surface area contributed by atoms with Gasteiger partial charge in [0.15, 0.2) is 0 Å². The second kappa shape index (κ2) is 8.93. The standard InChI is InChI=1S/C12H4F19NO4S/c1-32(11(28,29)5(15,16)2(3(13)14)4(33)34)37(35,36)12(30,31)9(23,24)7(19,20)6(17,18)8(21,22)10(25,26)27/h1H3,(H,33,34)/p-1. The van der Waals surface area contributed by atoms with Crippen molar-refractivity contribution >= 4 is 16.0 Å². The first-order valence-electron chi connectivity index (χ1n) is 7.64. The lowest BCUT2D eigenvalue weighted by molar-refractivity contribution is -0.433. The van der Waals surface area contributed by atoms with E-state index < -0.39 is 86.1 Å². The zero-order chi connectivity index (χ0) is 30.8. The van der Waals surface area contributed by atoms with Gasteiger partial charge in [0.2, 0.25) is 0 Å². The number of aliphatic carboxylic acids is 1. The molecule has 0 heterocycles. The van der Waals surface area contributed by atoms with Crippen molar-refractivity contribution < 1.29 is 102 Å². The summed E-state index contributed by atoms with van der Waals surface area (Å²) in [6.07, 6.45) is -12.3. The molecule has 0 aromatic heterocycles. The lowest BCUT2D eigenvalue weighted by Crippen LogP contribution is -2.72. The van der Waals surface area contributed by atoms with Gasteiger partial charge in [-0.05, 0) is 0 Å². The average molecular weight is 618 g/mol. The van der Waals surface area contributed by atoms with Crippen molar-refractivity contribution in [2.45, 2.75) is 47.1 Å². The number of carbonyl (C=O) groups is 1. The molecule has 37 heavy (non-hydrogen) atoms. The van der Waals surface area contributed by atoms with Gasteiger partial charge < -0.3 is 9.90 Å². The van der Waals surface area contributed by atoms with E-state index in [1.165, 1.54) is 0 Å². The molecule has 0 fully saturated rings. The Hall–Kier alpha value is -2.21. The van der Waals surface area contributed by atoms with Gasteiger partial charge in [-0.1, -0.05) is 0 Å². The van der Waals surface area contributed by atoms with Crippen LogP contribution in [0.25, 0.3) is 0 Å². The Balaban J connectivity index is 7.15. The van der Waals surface area contributed by atoms with Crippen LogP contribution in [0.5, 0.6) is 0 Å². The van der Waals surface area contributed by atoms with E-state index in [1.54, 1.807) is 0 Å². The molecule has 0 N–H and O–H groups in total. The summed E-state index contributed by atoms with van der Waals surface area (Å²) in [5.41, 5.74) is -4.21. The Morgan fingerprint density at radius 1 is 0.649 bits per heavy atom. The van der Waals surface area contributed by atoms with Gasteiger partial charge in [-0.3, -0.25) is 0 Å². The Bertz CT molecular complexity index is 1040. The number of carboxylic acids is 1. The lowest BCUT2D eigenvalue weighted by Gasteiger charge is -2.41. The van der Waals surface area contributed by atoms with Crippen molar-refractivity contribution in [2.75, 3.05) is 7.05 Å². The van der Waals surface area contributed by atoms with Gasteiger partial charge in [-0.2, -0.15) is 83.4 Å². The fraction of sp³-hybridized carbons (Fsp3) is 0.750. The molecule has 0 spiro atoms. The molecule has 0 aliphatic rings.